The van der Waals surface area contributed by atoms with Gasteiger partial charge in [-0.3, -0.25) is 10.8 Å². The quantitative estimate of drug-likeness (QED) is 0.446. The van der Waals surface area contributed by atoms with Crippen molar-refractivity contribution in [2.45, 2.75) is 0 Å². The highest BCUT2D eigenvalue weighted by molar-refractivity contribution is 9.10. The van der Waals surface area contributed by atoms with E-state index in [9.17, 15) is 0 Å². The van der Waals surface area contributed by atoms with Gasteiger partial charge in [-0.2, -0.15) is 10.4 Å². The first-order chi connectivity index (χ1) is 8.08. The number of nitriles is 1. The van der Waals surface area contributed by atoms with Crippen molar-refractivity contribution in [3.05, 3.63) is 22.7 Å². The van der Waals surface area contributed by atoms with Gasteiger partial charge in [-0.1, -0.05) is 0 Å². The molecule has 0 unspecified atom stereocenters. The molecule has 0 bridgehead atoms. The standard InChI is InChI=1S/C10H10BrN5O/c1-17-9-4-6(2-3-7(9)11)15-16-8(5-12)10(13)14/h2-4,15H,1H3,(H3,13,14)/b16-8+. The average Bonchev–Trinajstić information content (AvgIpc) is 2.31. The minimum Gasteiger partial charge on any atom is -0.495 e. The van der Waals surface area contributed by atoms with Crippen molar-refractivity contribution < 1.29 is 4.74 Å². The van der Waals surface area contributed by atoms with E-state index in [0.717, 1.165) is 4.47 Å². The fraction of sp³-hybridized carbons (Fsp3) is 0.100. The second-order valence-electron chi connectivity index (χ2n) is 2.95. The SMILES string of the molecule is COc1cc(N/N=C(\C#N)C(=N)N)ccc1Br. The Kier molecular flexibility index (Phi) is 4.48. The van der Waals surface area contributed by atoms with Crippen molar-refractivity contribution in [1.29, 1.82) is 10.7 Å². The highest BCUT2D eigenvalue weighted by Crippen LogP contribution is 2.27. The van der Waals surface area contributed by atoms with Gasteiger partial charge in [0.2, 0.25) is 5.71 Å². The zero-order chi connectivity index (χ0) is 12.8. The van der Waals surface area contributed by atoms with Crippen LogP contribution in [0.25, 0.3) is 0 Å². The van der Waals surface area contributed by atoms with Gasteiger partial charge >= 0.3 is 0 Å². The fourth-order valence-electron chi connectivity index (χ4n) is 0.995. The number of nitrogens with two attached hydrogens (primary N) is 1. The Balaban J connectivity index is 2.90. The number of methoxy groups -OCH3 is 1. The van der Waals surface area contributed by atoms with Gasteiger partial charge in [-0.05, 0) is 28.1 Å². The minimum absolute atomic E-state index is 0.174. The van der Waals surface area contributed by atoms with Gasteiger partial charge in [0.15, 0.2) is 5.84 Å². The lowest BCUT2D eigenvalue weighted by atomic mass is 10.3. The van der Waals surface area contributed by atoms with Crippen LogP contribution in [0.1, 0.15) is 0 Å². The van der Waals surface area contributed by atoms with Crippen LogP contribution in [-0.4, -0.2) is 18.7 Å². The number of hydrogen-bond donors (Lipinski definition) is 3. The third-order valence-electron chi connectivity index (χ3n) is 1.81. The number of nitrogens with one attached hydrogen (secondary N) is 2. The van der Waals surface area contributed by atoms with Crippen LogP contribution in [0, 0.1) is 16.7 Å². The van der Waals surface area contributed by atoms with Crippen molar-refractivity contribution in [1.82, 2.24) is 0 Å². The van der Waals surface area contributed by atoms with Crippen LogP contribution in [0.2, 0.25) is 0 Å². The first-order valence-corrected chi connectivity index (χ1v) is 5.29. The van der Waals surface area contributed by atoms with Gasteiger partial charge in [0.25, 0.3) is 0 Å². The molecular formula is C10H10BrN5O. The topological polar surface area (TPSA) is 107 Å². The van der Waals surface area contributed by atoms with E-state index >= 15 is 0 Å². The molecule has 0 heterocycles. The molecule has 0 saturated carbocycles. The lowest BCUT2D eigenvalue weighted by molar-refractivity contribution is 0.412. The molecule has 1 aromatic rings. The van der Waals surface area contributed by atoms with Crippen molar-refractivity contribution in [3.8, 4) is 11.8 Å². The number of ether oxygens (including phenoxy) is 1. The van der Waals surface area contributed by atoms with Gasteiger partial charge in [0, 0.05) is 6.07 Å². The summed E-state index contributed by atoms with van der Waals surface area (Å²) in [6, 6.07) is 6.92. The van der Waals surface area contributed by atoms with Crippen LogP contribution in [0.3, 0.4) is 0 Å². The summed E-state index contributed by atoms with van der Waals surface area (Å²) in [6.45, 7) is 0. The molecule has 0 spiro atoms. The predicted molar refractivity (Wildman–Crippen MR) is 69.3 cm³/mol. The molecule has 0 radical (unpaired) electrons. The summed E-state index contributed by atoms with van der Waals surface area (Å²) in [6.07, 6.45) is 0. The highest BCUT2D eigenvalue weighted by atomic mass is 79.9. The molecular weight excluding hydrogens is 286 g/mol. The molecule has 0 aliphatic rings. The maximum absolute atomic E-state index is 8.65. The Labute approximate surface area is 107 Å². The summed E-state index contributed by atoms with van der Waals surface area (Å²) in [5.74, 6) is 0.246. The summed E-state index contributed by atoms with van der Waals surface area (Å²) in [5, 5.41) is 19.4. The Morgan fingerprint density at radius 3 is 2.88 bits per heavy atom. The first kappa shape index (κ1) is 13.0. The Hall–Kier alpha value is -2.07. The highest BCUT2D eigenvalue weighted by Gasteiger charge is 2.03. The number of nitrogens with zero attached hydrogens (tertiary/aromatic N) is 2. The minimum atomic E-state index is -0.385. The summed E-state index contributed by atoms with van der Waals surface area (Å²) in [7, 11) is 1.55. The molecule has 7 heteroatoms. The molecule has 1 rings (SSSR count). The summed E-state index contributed by atoms with van der Waals surface area (Å²) >= 11 is 3.31. The van der Waals surface area contributed by atoms with Crippen molar-refractivity contribution in [2.75, 3.05) is 12.5 Å². The number of rotatable bonds is 4. The van der Waals surface area contributed by atoms with Crippen LogP contribution in [-0.2, 0) is 0 Å². The van der Waals surface area contributed by atoms with E-state index in [1.165, 1.54) is 0 Å². The number of benzene rings is 1. The molecule has 0 aliphatic heterocycles. The molecule has 17 heavy (non-hydrogen) atoms. The maximum Gasteiger partial charge on any atom is 0.201 e. The van der Waals surface area contributed by atoms with E-state index < -0.39 is 0 Å². The molecule has 0 amide bonds. The van der Waals surface area contributed by atoms with E-state index in [1.807, 2.05) is 0 Å². The summed E-state index contributed by atoms with van der Waals surface area (Å²) in [5.41, 5.74) is 8.22. The molecule has 0 fully saturated rings. The molecule has 1 aromatic carbocycles. The lowest BCUT2D eigenvalue weighted by Gasteiger charge is -2.06. The zero-order valence-electron chi connectivity index (χ0n) is 8.99. The van der Waals surface area contributed by atoms with E-state index in [2.05, 4.69) is 26.5 Å². The molecule has 88 valence electrons. The van der Waals surface area contributed by atoms with E-state index in [0.29, 0.717) is 11.4 Å². The largest absolute Gasteiger partial charge is 0.495 e. The normalized spacial score (nSPS) is 10.5. The molecule has 0 saturated heterocycles. The Morgan fingerprint density at radius 1 is 1.65 bits per heavy atom. The first-order valence-electron chi connectivity index (χ1n) is 4.50. The molecule has 0 aliphatic carbocycles. The van der Waals surface area contributed by atoms with Crippen molar-refractivity contribution in [2.24, 2.45) is 10.8 Å². The Morgan fingerprint density at radius 2 is 2.35 bits per heavy atom. The number of hydrazone groups is 1. The van der Waals surface area contributed by atoms with Crippen LogP contribution in [0.5, 0.6) is 5.75 Å². The number of halogens is 1. The van der Waals surface area contributed by atoms with Crippen molar-refractivity contribution >= 4 is 33.2 Å². The third-order valence-corrected chi connectivity index (χ3v) is 2.46. The molecule has 6 nitrogen and oxygen atoms in total. The monoisotopic (exact) mass is 295 g/mol. The van der Waals surface area contributed by atoms with Gasteiger partial charge in [-0.25, -0.2) is 0 Å². The van der Waals surface area contributed by atoms with Gasteiger partial charge in [-0.15, -0.1) is 0 Å². The smallest absolute Gasteiger partial charge is 0.201 e. The predicted octanol–water partition coefficient (Wildman–Crippen LogP) is 1.69. The van der Waals surface area contributed by atoms with Gasteiger partial charge in [0.05, 0.1) is 17.3 Å². The maximum atomic E-state index is 8.65. The van der Waals surface area contributed by atoms with Gasteiger partial charge < -0.3 is 10.5 Å². The second-order valence-corrected chi connectivity index (χ2v) is 3.80. The van der Waals surface area contributed by atoms with E-state index in [4.69, 9.17) is 21.1 Å². The fourth-order valence-corrected chi connectivity index (χ4v) is 1.40. The van der Waals surface area contributed by atoms with Crippen LogP contribution >= 0.6 is 15.9 Å². The third kappa shape index (κ3) is 3.46. The van der Waals surface area contributed by atoms with E-state index in [1.54, 1.807) is 31.4 Å². The molecule has 4 N–H and O–H groups in total. The van der Waals surface area contributed by atoms with Crippen LogP contribution < -0.4 is 15.9 Å². The molecule has 0 aromatic heterocycles. The average molecular weight is 296 g/mol. The Bertz CT molecular complexity index is 506. The number of amidine groups is 1. The molecule has 0 atom stereocenters. The summed E-state index contributed by atoms with van der Waals surface area (Å²) in [4.78, 5) is 0. The summed E-state index contributed by atoms with van der Waals surface area (Å²) < 4.78 is 5.91. The van der Waals surface area contributed by atoms with E-state index in [-0.39, 0.29) is 11.5 Å². The van der Waals surface area contributed by atoms with Crippen molar-refractivity contribution in [3.63, 3.8) is 0 Å². The second kappa shape index (κ2) is 5.86. The zero-order valence-corrected chi connectivity index (χ0v) is 10.6. The lowest BCUT2D eigenvalue weighted by Crippen LogP contribution is -2.21. The number of hydrogen-bond acceptors (Lipinski definition) is 5. The number of anilines is 1. The van der Waals surface area contributed by atoms with Gasteiger partial charge in [0.1, 0.15) is 11.8 Å². The van der Waals surface area contributed by atoms with Crippen LogP contribution in [0.4, 0.5) is 5.69 Å². The van der Waals surface area contributed by atoms with Crippen LogP contribution in [0.15, 0.2) is 27.8 Å².